The summed E-state index contributed by atoms with van der Waals surface area (Å²) in [5.74, 6) is -1.12. The standard InChI is InChI=1S/C13H24NO7PS/c1-4-7-8-19-12(17)14-10(9-11(15)16)23-13(22-18,20-5-2)21-6-3/h10H,4-9H2,1-3H3,(H,14,17)(H,15,16). The molecule has 0 aliphatic rings. The Morgan fingerprint density at radius 2 is 1.87 bits per heavy atom. The number of carboxylic acid groups (broad SMARTS) is 1. The van der Waals surface area contributed by atoms with Crippen LogP contribution in [0.15, 0.2) is 0 Å². The lowest BCUT2D eigenvalue weighted by molar-refractivity contribution is -0.137. The summed E-state index contributed by atoms with van der Waals surface area (Å²) in [5.41, 5.74) is 0. The van der Waals surface area contributed by atoms with Crippen molar-refractivity contribution in [3.63, 3.8) is 0 Å². The van der Waals surface area contributed by atoms with Gasteiger partial charge in [0.1, 0.15) is 0 Å². The predicted molar refractivity (Wildman–Crippen MR) is 86.6 cm³/mol. The van der Waals surface area contributed by atoms with Crippen LogP contribution in [0.25, 0.3) is 0 Å². The van der Waals surface area contributed by atoms with Crippen LogP contribution in [-0.2, 0) is 23.6 Å². The summed E-state index contributed by atoms with van der Waals surface area (Å²) in [6.45, 7) is 6.01. The molecule has 0 radical (unpaired) electrons. The van der Waals surface area contributed by atoms with Crippen LogP contribution in [0.2, 0.25) is 0 Å². The lowest BCUT2D eigenvalue weighted by Crippen LogP contribution is -2.39. The van der Waals surface area contributed by atoms with Crippen LogP contribution < -0.4 is 5.32 Å². The second kappa shape index (κ2) is 12.5. The van der Waals surface area contributed by atoms with E-state index < -0.39 is 37.2 Å². The fourth-order valence-electron chi connectivity index (χ4n) is 1.49. The molecule has 10 heteroatoms. The van der Waals surface area contributed by atoms with Gasteiger partial charge in [0.25, 0.3) is 0 Å². The zero-order valence-corrected chi connectivity index (χ0v) is 15.3. The number of thioether (sulfide) groups is 1. The van der Waals surface area contributed by atoms with E-state index in [1.807, 2.05) is 6.92 Å². The van der Waals surface area contributed by atoms with Gasteiger partial charge in [-0.05, 0) is 20.3 Å². The molecule has 23 heavy (non-hydrogen) atoms. The van der Waals surface area contributed by atoms with Gasteiger partial charge in [0.2, 0.25) is 8.46 Å². The van der Waals surface area contributed by atoms with Crippen molar-refractivity contribution in [1.29, 1.82) is 0 Å². The number of ether oxygens (including phenoxy) is 3. The topological polar surface area (TPSA) is 111 Å². The SMILES string of the molecule is CCCCOC(=O)NC(CC(=O)O)SC(OCC)(OCC)P=O. The van der Waals surface area contributed by atoms with Gasteiger partial charge in [0.15, 0.2) is 0 Å². The fourth-order valence-corrected chi connectivity index (χ4v) is 3.52. The van der Waals surface area contributed by atoms with Crippen LogP contribution in [0.1, 0.15) is 40.0 Å². The molecule has 0 aromatic heterocycles. The molecule has 2 N–H and O–H groups in total. The number of rotatable bonds is 13. The molecule has 0 heterocycles. The molecule has 0 bridgehead atoms. The number of hydrogen-bond donors (Lipinski definition) is 2. The second-order valence-corrected chi connectivity index (χ2v) is 6.74. The third kappa shape index (κ3) is 9.76. The normalized spacial score (nSPS) is 12.8. The molecule has 0 aromatic carbocycles. The highest BCUT2D eigenvalue weighted by molar-refractivity contribution is 8.04. The van der Waals surface area contributed by atoms with E-state index in [0.717, 1.165) is 18.2 Å². The maximum Gasteiger partial charge on any atom is 0.408 e. The van der Waals surface area contributed by atoms with Crippen LogP contribution >= 0.6 is 20.2 Å². The minimum absolute atomic E-state index is 0.211. The number of aliphatic carboxylic acids is 1. The Bertz CT molecular complexity index is 377. The predicted octanol–water partition coefficient (Wildman–Crippen LogP) is 3.02. The first-order valence-corrected chi connectivity index (χ1v) is 9.07. The van der Waals surface area contributed by atoms with Gasteiger partial charge in [-0.1, -0.05) is 25.1 Å². The molecule has 8 nitrogen and oxygen atoms in total. The van der Waals surface area contributed by atoms with E-state index in [4.69, 9.17) is 19.3 Å². The first-order valence-electron chi connectivity index (χ1n) is 7.38. The molecular formula is C13H24NO7PS. The zero-order chi connectivity index (χ0) is 17.7. The van der Waals surface area contributed by atoms with Crippen LogP contribution in [-0.4, -0.2) is 47.2 Å². The molecule has 0 aromatic rings. The van der Waals surface area contributed by atoms with Crippen LogP contribution in [0, 0.1) is 0 Å². The average molecular weight is 369 g/mol. The molecule has 134 valence electrons. The van der Waals surface area contributed by atoms with E-state index in [1.165, 1.54) is 0 Å². The summed E-state index contributed by atoms with van der Waals surface area (Å²) in [6.07, 6.45) is 0.450. The van der Waals surface area contributed by atoms with Crippen molar-refractivity contribution in [1.82, 2.24) is 5.32 Å². The van der Waals surface area contributed by atoms with E-state index in [2.05, 4.69) is 5.32 Å². The Labute approximate surface area is 141 Å². The van der Waals surface area contributed by atoms with Crippen molar-refractivity contribution in [2.75, 3.05) is 19.8 Å². The number of alkyl carbamates (subject to hydrolysis) is 1. The van der Waals surface area contributed by atoms with Crippen molar-refractivity contribution in [2.24, 2.45) is 0 Å². The van der Waals surface area contributed by atoms with Gasteiger partial charge in [-0.3, -0.25) is 9.36 Å². The van der Waals surface area contributed by atoms with E-state index in [1.54, 1.807) is 13.8 Å². The molecule has 0 saturated heterocycles. The highest BCUT2D eigenvalue weighted by Crippen LogP contribution is 2.41. The number of unbranched alkanes of at least 4 members (excludes halogenated alkanes) is 1. The second-order valence-electron chi connectivity index (χ2n) is 4.32. The third-order valence-corrected chi connectivity index (χ3v) is 4.55. The van der Waals surface area contributed by atoms with Crippen LogP contribution in [0.4, 0.5) is 4.79 Å². The summed E-state index contributed by atoms with van der Waals surface area (Å²) in [7, 11) is -0.471. The van der Waals surface area contributed by atoms with E-state index in [9.17, 15) is 14.2 Å². The number of carbonyl (C=O) groups is 2. The average Bonchev–Trinajstić information content (AvgIpc) is 2.47. The number of hydrogen-bond acceptors (Lipinski definition) is 7. The minimum Gasteiger partial charge on any atom is -0.481 e. The first kappa shape index (κ1) is 22.1. The largest absolute Gasteiger partial charge is 0.481 e. The van der Waals surface area contributed by atoms with Crippen LogP contribution in [0.5, 0.6) is 0 Å². The maximum absolute atomic E-state index is 11.7. The van der Waals surface area contributed by atoms with Crippen molar-refractivity contribution < 1.29 is 33.5 Å². The van der Waals surface area contributed by atoms with E-state index in [-0.39, 0.29) is 19.8 Å². The molecule has 0 aliphatic carbocycles. The lowest BCUT2D eigenvalue weighted by Gasteiger charge is -2.29. The minimum atomic E-state index is -1.57. The van der Waals surface area contributed by atoms with Gasteiger partial charge in [-0.15, -0.1) is 0 Å². The number of carboxylic acids is 1. The number of amides is 1. The van der Waals surface area contributed by atoms with Crippen molar-refractivity contribution >= 4 is 32.3 Å². The third-order valence-electron chi connectivity index (χ3n) is 2.43. The van der Waals surface area contributed by atoms with Crippen molar-refractivity contribution in [2.45, 2.75) is 50.3 Å². The van der Waals surface area contributed by atoms with Gasteiger partial charge >= 0.3 is 16.9 Å². The highest BCUT2D eigenvalue weighted by atomic mass is 32.2. The molecular weight excluding hydrogens is 345 g/mol. The van der Waals surface area contributed by atoms with Gasteiger partial charge in [0, 0.05) is 13.2 Å². The Balaban J connectivity index is 4.88. The molecule has 0 fully saturated rings. The molecule has 1 unspecified atom stereocenters. The lowest BCUT2D eigenvalue weighted by atomic mass is 10.4. The first-order chi connectivity index (χ1) is 10.9. The Morgan fingerprint density at radius 3 is 2.30 bits per heavy atom. The van der Waals surface area contributed by atoms with Gasteiger partial charge in [0.05, 0.1) is 18.4 Å². The van der Waals surface area contributed by atoms with Crippen LogP contribution in [0.3, 0.4) is 0 Å². The molecule has 0 rings (SSSR count). The quantitative estimate of drug-likeness (QED) is 0.289. The smallest absolute Gasteiger partial charge is 0.408 e. The summed E-state index contributed by atoms with van der Waals surface area (Å²) in [6, 6.07) is 0. The summed E-state index contributed by atoms with van der Waals surface area (Å²) < 4.78 is 27.1. The molecule has 0 saturated carbocycles. The maximum atomic E-state index is 11.7. The summed E-state index contributed by atoms with van der Waals surface area (Å²) in [5, 5.41) is 10.5. The van der Waals surface area contributed by atoms with Gasteiger partial charge in [-0.25, -0.2) is 4.79 Å². The Hall–Kier alpha value is -0.890. The van der Waals surface area contributed by atoms with Crippen molar-refractivity contribution in [3.8, 4) is 0 Å². The summed E-state index contributed by atoms with van der Waals surface area (Å²) >= 11 is 0.820. The van der Waals surface area contributed by atoms with E-state index in [0.29, 0.717) is 6.42 Å². The summed E-state index contributed by atoms with van der Waals surface area (Å²) in [4.78, 5) is 21.1. The zero-order valence-electron chi connectivity index (χ0n) is 13.6. The Morgan fingerprint density at radius 1 is 1.26 bits per heavy atom. The van der Waals surface area contributed by atoms with Crippen molar-refractivity contribution in [3.05, 3.63) is 0 Å². The fraction of sp³-hybridized carbons (Fsp3) is 0.846. The number of carbonyl (C=O) groups excluding carboxylic acids is 1. The monoisotopic (exact) mass is 369 g/mol. The Kier molecular flexibility index (Phi) is 12.0. The molecule has 0 aliphatic heterocycles. The molecule has 1 amide bonds. The van der Waals surface area contributed by atoms with Gasteiger partial charge in [-0.2, -0.15) is 0 Å². The molecule has 1 atom stereocenters. The highest BCUT2D eigenvalue weighted by Gasteiger charge is 2.38. The number of nitrogens with one attached hydrogen (secondary N) is 1. The van der Waals surface area contributed by atoms with E-state index >= 15 is 0 Å². The molecule has 0 spiro atoms. The van der Waals surface area contributed by atoms with Gasteiger partial charge < -0.3 is 24.6 Å².